The van der Waals surface area contributed by atoms with Crippen LogP contribution in [0, 0.1) is 11.3 Å². The molecule has 13 heavy (non-hydrogen) atoms. The van der Waals surface area contributed by atoms with Gasteiger partial charge in [-0.1, -0.05) is 0 Å². The zero-order chi connectivity index (χ0) is 10.9. The van der Waals surface area contributed by atoms with E-state index in [0.717, 1.165) is 0 Å². The smallest absolute Gasteiger partial charge is 0.328 e. The Balaban J connectivity index is 0. The lowest BCUT2D eigenvalue weighted by Gasteiger charge is -1.78. The number of carbonyl (C=O) groups is 2. The standard InChI is InChI=1S/C4H4O4.C3H6N2/c5-3(6)1-2-4(7)8;1-3(5)2-4/h1-2H,(H,5,6)(H,7,8);3H,5H2,1H3/b2-1+;/t;3-/m.1/s1. The number of hydrogen-bond donors (Lipinski definition) is 3. The molecule has 0 aliphatic carbocycles. The van der Waals surface area contributed by atoms with Gasteiger partial charge in [-0.2, -0.15) is 5.26 Å². The molecule has 0 saturated heterocycles. The summed E-state index contributed by atoms with van der Waals surface area (Å²) in [5.41, 5.74) is 4.93. The lowest BCUT2D eigenvalue weighted by Crippen LogP contribution is -2.09. The quantitative estimate of drug-likeness (QED) is 0.502. The number of aliphatic carboxylic acids is 2. The lowest BCUT2D eigenvalue weighted by atomic mass is 10.4. The van der Waals surface area contributed by atoms with Crippen LogP contribution < -0.4 is 5.73 Å². The first kappa shape index (κ1) is 13.7. The minimum Gasteiger partial charge on any atom is -0.478 e. The number of carboxylic acid groups (broad SMARTS) is 2. The molecule has 0 amide bonds. The summed E-state index contributed by atoms with van der Waals surface area (Å²) in [5.74, 6) is -2.51. The van der Waals surface area contributed by atoms with E-state index in [2.05, 4.69) is 0 Å². The molecule has 6 nitrogen and oxygen atoms in total. The highest BCUT2D eigenvalue weighted by Gasteiger charge is 1.88. The zero-order valence-electron chi connectivity index (χ0n) is 6.97. The molecule has 0 aromatic rings. The van der Waals surface area contributed by atoms with Gasteiger partial charge in [0.15, 0.2) is 0 Å². The Labute approximate surface area is 74.9 Å². The Bertz CT molecular complexity index is 223. The van der Waals surface area contributed by atoms with E-state index >= 15 is 0 Å². The zero-order valence-corrected chi connectivity index (χ0v) is 6.97. The monoisotopic (exact) mass is 186 g/mol. The first-order valence-electron chi connectivity index (χ1n) is 3.19. The molecule has 0 unspecified atom stereocenters. The van der Waals surface area contributed by atoms with Gasteiger partial charge >= 0.3 is 11.9 Å². The van der Waals surface area contributed by atoms with Crippen molar-refractivity contribution in [3.63, 3.8) is 0 Å². The SMILES string of the molecule is C[C@@H](N)C#N.O=C(O)/C=C/C(=O)O. The van der Waals surface area contributed by atoms with E-state index in [1.54, 1.807) is 13.0 Å². The van der Waals surface area contributed by atoms with Crippen molar-refractivity contribution in [1.82, 2.24) is 0 Å². The van der Waals surface area contributed by atoms with Gasteiger partial charge < -0.3 is 15.9 Å². The first-order valence-corrected chi connectivity index (χ1v) is 3.19. The molecule has 0 bridgehead atoms. The summed E-state index contributed by atoms with van der Waals surface area (Å²) in [4.78, 5) is 19.1. The summed E-state index contributed by atoms with van der Waals surface area (Å²) in [6, 6.07) is 1.50. The van der Waals surface area contributed by atoms with Crippen molar-refractivity contribution in [2.45, 2.75) is 13.0 Å². The Morgan fingerprint density at radius 2 is 1.62 bits per heavy atom. The molecule has 0 rings (SSSR count). The molecular weight excluding hydrogens is 176 g/mol. The number of nitriles is 1. The van der Waals surface area contributed by atoms with Crippen LogP contribution in [0.5, 0.6) is 0 Å². The van der Waals surface area contributed by atoms with Gasteiger partial charge in [0.2, 0.25) is 0 Å². The normalized spacial score (nSPS) is 10.8. The number of carboxylic acids is 2. The van der Waals surface area contributed by atoms with Crippen molar-refractivity contribution in [3.8, 4) is 6.07 Å². The molecule has 0 heterocycles. The molecule has 4 N–H and O–H groups in total. The molecule has 0 aromatic heterocycles. The summed E-state index contributed by atoms with van der Waals surface area (Å²) < 4.78 is 0. The number of nitrogens with two attached hydrogens (primary N) is 1. The van der Waals surface area contributed by atoms with Crippen molar-refractivity contribution >= 4 is 11.9 Å². The summed E-state index contributed by atoms with van der Waals surface area (Å²) in [5, 5.41) is 23.4. The van der Waals surface area contributed by atoms with Crippen LogP contribution in [0.4, 0.5) is 0 Å². The Morgan fingerprint density at radius 3 is 1.69 bits per heavy atom. The number of rotatable bonds is 2. The average molecular weight is 186 g/mol. The lowest BCUT2D eigenvalue weighted by molar-refractivity contribution is -0.134. The van der Waals surface area contributed by atoms with Crippen LogP contribution in [-0.2, 0) is 9.59 Å². The van der Waals surface area contributed by atoms with E-state index in [9.17, 15) is 9.59 Å². The summed E-state index contributed by atoms with van der Waals surface area (Å²) in [7, 11) is 0. The predicted molar refractivity (Wildman–Crippen MR) is 43.7 cm³/mol. The second-order valence-corrected chi connectivity index (χ2v) is 1.93. The molecule has 0 aliphatic rings. The summed E-state index contributed by atoms with van der Waals surface area (Å²) >= 11 is 0. The van der Waals surface area contributed by atoms with Gasteiger partial charge in [0.1, 0.15) is 0 Å². The fourth-order valence-electron chi connectivity index (χ4n) is 0.143. The van der Waals surface area contributed by atoms with Crippen LogP contribution in [0.25, 0.3) is 0 Å². The molecule has 0 aromatic carbocycles. The first-order chi connectivity index (χ1) is 5.90. The highest BCUT2D eigenvalue weighted by molar-refractivity contribution is 5.89. The number of hydrogen-bond acceptors (Lipinski definition) is 4. The summed E-state index contributed by atoms with van der Waals surface area (Å²) in [6.07, 6.45) is 1.12. The van der Waals surface area contributed by atoms with Gasteiger partial charge in [0.25, 0.3) is 0 Å². The van der Waals surface area contributed by atoms with Crippen LogP contribution in [0.2, 0.25) is 0 Å². The highest BCUT2D eigenvalue weighted by Crippen LogP contribution is 1.70. The third-order valence-corrected chi connectivity index (χ3v) is 0.572. The third kappa shape index (κ3) is 25.4. The maximum Gasteiger partial charge on any atom is 0.328 e. The number of nitrogens with zero attached hydrogens (tertiary/aromatic N) is 1. The van der Waals surface area contributed by atoms with E-state index in [1.807, 2.05) is 0 Å². The summed E-state index contributed by atoms with van der Waals surface area (Å²) in [6.45, 7) is 1.64. The second kappa shape index (κ2) is 8.23. The van der Waals surface area contributed by atoms with Gasteiger partial charge in [-0.15, -0.1) is 0 Å². The molecule has 72 valence electrons. The molecule has 1 atom stereocenters. The van der Waals surface area contributed by atoms with Gasteiger partial charge in [-0.3, -0.25) is 0 Å². The predicted octanol–water partition coefficient (Wildman–Crippen LogP) is -0.431. The molecule has 0 radical (unpaired) electrons. The minimum absolute atomic E-state index is 0.310. The largest absolute Gasteiger partial charge is 0.478 e. The van der Waals surface area contributed by atoms with Crippen molar-refractivity contribution in [2.24, 2.45) is 5.73 Å². The molecule has 0 aliphatic heterocycles. The maximum atomic E-state index is 9.55. The Kier molecular flexibility index (Phi) is 8.67. The van der Waals surface area contributed by atoms with E-state index in [0.29, 0.717) is 12.2 Å². The van der Waals surface area contributed by atoms with Crippen LogP contribution in [-0.4, -0.2) is 28.2 Å². The van der Waals surface area contributed by atoms with E-state index in [4.69, 9.17) is 21.2 Å². The van der Waals surface area contributed by atoms with Gasteiger partial charge in [0.05, 0.1) is 12.1 Å². The molecule has 0 fully saturated rings. The van der Waals surface area contributed by atoms with Crippen LogP contribution in [0.15, 0.2) is 12.2 Å². The van der Waals surface area contributed by atoms with Crippen LogP contribution in [0.1, 0.15) is 6.92 Å². The molecule has 0 saturated carbocycles. The van der Waals surface area contributed by atoms with Crippen molar-refractivity contribution in [2.75, 3.05) is 0 Å². The minimum atomic E-state index is -1.26. The van der Waals surface area contributed by atoms with E-state index < -0.39 is 11.9 Å². The molecule has 6 heteroatoms. The highest BCUT2D eigenvalue weighted by atomic mass is 16.4. The van der Waals surface area contributed by atoms with Gasteiger partial charge in [-0.05, 0) is 6.92 Å². The molecule has 0 spiro atoms. The Hall–Kier alpha value is -1.87. The van der Waals surface area contributed by atoms with Gasteiger partial charge in [0, 0.05) is 12.2 Å². The fraction of sp³-hybridized carbons (Fsp3) is 0.286. The fourth-order valence-corrected chi connectivity index (χ4v) is 0.143. The third-order valence-electron chi connectivity index (χ3n) is 0.572. The topological polar surface area (TPSA) is 124 Å². The average Bonchev–Trinajstić information content (AvgIpc) is 2.02. The van der Waals surface area contributed by atoms with Crippen LogP contribution >= 0.6 is 0 Å². The second-order valence-electron chi connectivity index (χ2n) is 1.93. The maximum absolute atomic E-state index is 9.55. The molecular formula is C7H10N2O4. The van der Waals surface area contributed by atoms with Crippen molar-refractivity contribution < 1.29 is 19.8 Å². The van der Waals surface area contributed by atoms with E-state index in [-0.39, 0.29) is 6.04 Å². The van der Waals surface area contributed by atoms with Gasteiger partial charge in [-0.25, -0.2) is 9.59 Å². The van der Waals surface area contributed by atoms with Crippen molar-refractivity contribution in [1.29, 1.82) is 5.26 Å². The van der Waals surface area contributed by atoms with E-state index in [1.165, 1.54) is 0 Å². The Morgan fingerprint density at radius 1 is 1.38 bits per heavy atom. The van der Waals surface area contributed by atoms with Crippen molar-refractivity contribution in [3.05, 3.63) is 12.2 Å². The van der Waals surface area contributed by atoms with Crippen LogP contribution in [0.3, 0.4) is 0 Å².